The maximum atomic E-state index is 5.86. The predicted octanol–water partition coefficient (Wildman–Crippen LogP) is 3.98. The van der Waals surface area contributed by atoms with Crippen molar-refractivity contribution in [3.8, 4) is 11.5 Å². The molecule has 1 unspecified atom stereocenters. The van der Waals surface area contributed by atoms with Crippen molar-refractivity contribution in [2.45, 2.75) is 12.3 Å². The van der Waals surface area contributed by atoms with Gasteiger partial charge in [-0.3, -0.25) is 4.99 Å². The maximum Gasteiger partial charge on any atom is 0.127 e. The Bertz CT molecular complexity index is 637. The summed E-state index contributed by atoms with van der Waals surface area (Å²) in [5.41, 5.74) is 6.95. The Labute approximate surface area is 123 Å². The third kappa shape index (κ3) is 2.94. The normalized spacial score (nSPS) is 17.9. The first-order valence-electron chi connectivity index (χ1n) is 6.53. The van der Waals surface area contributed by atoms with Crippen LogP contribution >= 0.6 is 11.6 Å². The highest BCUT2D eigenvalue weighted by atomic mass is 35.5. The van der Waals surface area contributed by atoms with Gasteiger partial charge in [0.25, 0.3) is 0 Å². The number of aliphatic imine (C=N–C) groups is 1. The van der Waals surface area contributed by atoms with Gasteiger partial charge >= 0.3 is 0 Å². The minimum atomic E-state index is 0.365. The zero-order valence-electron chi connectivity index (χ0n) is 10.9. The molecule has 2 aromatic carbocycles. The molecule has 0 amide bonds. The number of rotatable bonds is 3. The summed E-state index contributed by atoms with van der Waals surface area (Å²) in [5, 5.41) is 0.699. The summed E-state index contributed by atoms with van der Waals surface area (Å²) in [5.74, 6) is 2.69. The summed E-state index contributed by atoms with van der Waals surface area (Å²) in [4.78, 5) is 4.26. The third-order valence-electron chi connectivity index (χ3n) is 3.35. The van der Waals surface area contributed by atoms with Crippen molar-refractivity contribution < 1.29 is 4.74 Å². The molecule has 0 radical (unpaired) electrons. The summed E-state index contributed by atoms with van der Waals surface area (Å²) in [6.07, 6.45) is 0.824. The van der Waals surface area contributed by atoms with Gasteiger partial charge in [0.05, 0.1) is 5.84 Å². The average Bonchev–Trinajstić information content (AvgIpc) is 2.89. The molecular formula is C16H15ClN2O. The van der Waals surface area contributed by atoms with E-state index in [1.54, 1.807) is 0 Å². The first-order valence-corrected chi connectivity index (χ1v) is 6.91. The van der Waals surface area contributed by atoms with Crippen LogP contribution in [-0.2, 0) is 0 Å². The SMILES string of the molecule is NC1=NCC(c2cccc(Oc3ccc(Cl)cc3)c2)C1. The standard InChI is InChI=1S/C16H15ClN2O/c17-13-4-6-14(7-5-13)20-15-3-1-2-11(8-15)12-9-16(18)19-10-12/h1-8,12H,9-10H2,(H2,18,19). The van der Waals surface area contributed by atoms with Gasteiger partial charge in [-0.1, -0.05) is 23.7 Å². The smallest absolute Gasteiger partial charge is 0.127 e. The Morgan fingerprint density at radius 2 is 1.90 bits per heavy atom. The van der Waals surface area contributed by atoms with Gasteiger partial charge in [0.1, 0.15) is 11.5 Å². The second kappa shape index (κ2) is 5.55. The van der Waals surface area contributed by atoms with Crippen LogP contribution in [-0.4, -0.2) is 12.4 Å². The monoisotopic (exact) mass is 286 g/mol. The predicted molar refractivity (Wildman–Crippen MR) is 81.8 cm³/mol. The molecule has 1 heterocycles. The number of halogens is 1. The minimum Gasteiger partial charge on any atom is -0.457 e. The van der Waals surface area contributed by atoms with Crippen LogP contribution in [0.1, 0.15) is 17.9 Å². The van der Waals surface area contributed by atoms with E-state index in [9.17, 15) is 0 Å². The van der Waals surface area contributed by atoms with Gasteiger partial charge < -0.3 is 10.5 Å². The van der Waals surface area contributed by atoms with Crippen molar-refractivity contribution in [2.75, 3.05) is 6.54 Å². The number of amidine groups is 1. The number of benzene rings is 2. The van der Waals surface area contributed by atoms with Crippen molar-refractivity contribution in [1.29, 1.82) is 0 Å². The van der Waals surface area contributed by atoms with Crippen molar-refractivity contribution in [3.05, 3.63) is 59.1 Å². The van der Waals surface area contributed by atoms with Crippen molar-refractivity contribution in [3.63, 3.8) is 0 Å². The maximum absolute atomic E-state index is 5.86. The topological polar surface area (TPSA) is 47.6 Å². The molecule has 4 heteroatoms. The highest BCUT2D eigenvalue weighted by Crippen LogP contribution is 2.29. The van der Waals surface area contributed by atoms with E-state index >= 15 is 0 Å². The van der Waals surface area contributed by atoms with Gasteiger partial charge in [-0.25, -0.2) is 0 Å². The number of nitrogens with two attached hydrogens (primary N) is 1. The van der Waals surface area contributed by atoms with Gasteiger partial charge in [0.2, 0.25) is 0 Å². The molecule has 0 fully saturated rings. The second-order valence-corrected chi connectivity index (χ2v) is 5.30. The Balaban J connectivity index is 1.76. The van der Waals surface area contributed by atoms with E-state index in [0.29, 0.717) is 10.9 Å². The summed E-state index contributed by atoms with van der Waals surface area (Å²) >= 11 is 5.86. The number of hydrogen-bond donors (Lipinski definition) is 1. The molecule has 102 valence electrons. The van der Waals surface area contributed by atoms with Crippen molar-refractivity contribution in [1.82, 2.24) is 0 Å². The Kier molecular flexibility index (Phi) is 3.61. The average molecular weight is 287 g/mol. The van der Waals surface area contributed by atoms with Gasteiger partial charge in [0.15, 0.2) is 0 Å². The Morgan fingerprint density at radius 3 is 2.60 bits per heavy atom. The largest absolute Gasteiger partial charge is 0.457 e. The molecule has 1 aliphatic rings. The quantitative estimate of drug-likeness (QED) is 0.928. The second-order valence-electron chi connectivity index (χ2n) is 4.86. The zero-order chi connectivity index (χ0) is 13.9. The first kappa shape index (κ1) is 13.0. The molecule has 3 rings (SSSR count). The third-order valence-corrected chi connectivity index (χ3v) is 3.60. The molecule has 2 N–H and O–H groups in total. The van der Waals surface area contributed by atoms with E-state index in [1.165, 1.54) is 5.56 Å². The summed E-state index contributed by atoms with van der Waals surface area (Å²) in [6, 6.07) is 15.4. The highest BCUT2D eigenvalue weighted by molar-refractivity contribution is 6.30. The van der Waals surface area contributed by atoms with Crippen LogP contribution in [0, 0.1) is 0 Å². The summed E-state index contributed by atoms with van der Waals surface area (Å²) in [6.45, 7) is 0.760. The number of nitrogens with zero attached hydrogens (tertiary/aromatic N) is 1. The molecular weight excluding hydrogens is 272 g/mol. The van der Waals surface area contributed by atoms with Crippen molar-refractivity contribution >= 4 is 17.4 Å². The van der Waals surface area contributed by atoms with Gasteiger partial charge in [0, 0.05) is 23.9 Å². The molecule has 0 saturated heterocycles. The van der Waals surface area contributed by atoms with Gasteiger partial charge in [-0.2, -0.15) is 0 Å². The van der Waals surface area contributed by atoms with Crippen molar-refractivity contribution in [2.24, 2.45) is 10.7 Å². The lowest BCUT2D eigenvalue weighted by molar-refractivity contribution is 0.481. The van der Waals surface area contributed by atoms with Crippen LogP contribution in [0.25, 0.3) is 0 Å². The summed E-state index contributed by atoms with van der Waals surface area (Å²) in [7, 11) is 0. The molecule has 1 aliphatic heterocycles. The van der Waals surface area contributed by atoms with E-state index in [1.807, 2.05) is 42.5 Å². The highest BCUT2D eigenvalue weighted by Gasteiger charge is 2.18. The molecule has 0 aliphatic carbocycles. The van der Waals surface area contributed by atoms with Crippen LogP contribution in [0.4, 0.5) is 0 Å². The number of hydrogen-bond acceptors (Lipinski definition) is 3. The lowest BCUT2D eigenvalue weighted by atomic mass is 9.97. The minimum absolute atomic E-state index is 0.365. The molecule has 0 bridgehead atoms. The zero-order valence-corrected chi connectivity index (χ0v) is 11.7. The van der Waals surface area contributed by atoms with E-state index in [-0.39, 0.29) is 0 Å². The van der Waals surface area contributed by atoms with Crippen LogP contribution in [0.3, 0.4) is 0 Å². The fourth-order valence-electron chi connectivity index (χ4n) is 2.30. The molecule has 1 atom stereocenters. The molecule has 3 nitrogen and oxygen atoms in total. The lowest BCUT2D eigenvalue weighted by Crippen LogP contribution is -2.09. The first-order chi connectivity index (χ1) is 9.70. The molecule has 2 aromatic rings. The fraction of sp³-hybridized carbons (Fsp3) is 0.188. The fourth-order valence-corrected chi connectivity index (χ4v) is 2.43. The van der Waals surface area contributed by atoms with Gasteiger partial charge in [-0.15, -0.1) is 0 Å². The van der Waals surface area contributed by atoms with Crippen LogP contribution < -0.4 is 10.5 Å². The molecule has 20 heavy (non-hydrogen) atoms. The van der Waals surface area contributed by atoms with E-state index in [4.69, 9.17) is 22.1 Å². The van der Waals surface area contributed by atoms with Crippen LogP contribution in [0.2, 0.25) is 5.02 Å². The van der Waals surface area contributed by atoms with Gasteiger partial charge in [-0.05, 0) is 42.0 Å². The number of ether oxygens (including phenoxy) is 1. The van der Waals surface area contributed by atoms with E-state index < -0.39 is 0 Å². The Morgan fingerprint density at radius 1 is 1.10 bits per heavy atom. The molecule has 0 saturated carbocycles. The van der Waals surface area contributed by atoms with Crippen LogP contribution in [0.15, 0.2) is 53.5 Å². The molecule has 0 spiro atoms. The lowest BCUT2D eigenvalue weighted by Gasteiger charge is -2.11. The van der Waals surface area contributed by atoms with E-state index in [2.05, 4.69) is 11.1 Å². The molecule has 0 aromatic heterocycles. The summed E-state index contributed by atoms with van der Waals surface area (Å²) < 4.78 is 5.83. The Hall–Kier alpha value is -2.00. The van der Waals surface area contributed by atoms with E-state index in [0.717, 1.165) is 30.3 Å². The van der Waals surface area contributed by atoms with Crippen LogP contribution in [0.5, 0.6) is 11.5 Å².